The molecule has 1 heterocycles. The Morgan fingerprint density at radius 2 is 2.06 bits per heavy atom. The summed E-state index contributed by atoms with van der Waals surface area (Å²) in [6.45, 7) is 8.78. The summed E-state index contributed by atoms with van der Waals surface area (Å²) in [5.41, 5.74) is 1.18. The van der Waals surface area contributed by atoms with Crippen LogP contribution in [0.1, 0.15) is 58.2 Å². The van der Waals surface area contributed by atoms with E-state index in [2.05, 4.69) is 43.0 Å². The fourth-order valence-corrected chi connectivity index (χ4v) is 2.67. The summed E-state index contributed by atoms with van der Waals surface area (Å²) in [7, 11) is 0. The van der Waals surface area contributed by atoms with Gasteiger partial charge in [0.15, 0.2) is 0 Å². The maximum Gasteiger partial charge on any atom is 0.0762 e. The van der Waals surface area contributed by atoms with Gasteiger partial charge in [-0.1, -0.05) is 20.8 Å². The smallest absolute Gasteiger partial charge is 0.0762 e. The van der Waals surface area contributed by atoms with E-state index in [-0.39, 0.29) is 0 Å². The minimum Gasteiger partial charge on any atom is -0.311 e. The van der Waals surface area contributed by atoms with Gasteiger partial charge in [-0.2, -0.15) is 5.10 Å². The first-order chi connectivity index (χ1) is 8.65. The molecule has 0 aliphatic heterocycles. The van der Waals surface area contributed by atoms with Crippen molar-refractivity contribution in [1.82, 2.24) is 15.1 Å². The Bertz CT molecular complexity index is 348. The Labute approximate surface area is 111 Å². The summed E-state index contributed by atoms with van der Waals surface area (Å²) in [6.07, 6.45) is 7.45. The second-order valence-electron chi connectivity index (χ2n) is 6.23. The predicted molar refractivity (Wildman–Crippen MR) is 75.4 cm³/mol. The van der Waals surface area contributed by atoms with Gasteiger partial charge in [-0.05, 0) is 50.1 Å². The van der Waals surface area contributed by atoms with Gasteiger partial charge in [0.2, 0.25) is 0 Å². The molecule has 0 spiro atoms. The van der Waals surface area contributed by atoms with Crippen LogP contribution in [0.3, 0.4) is 0 Å². The maximum absolute atomic E-state index is 4.71. The van der Waals surface area contributed by atoms with E-state index in [9.17, 15) is 0 Å². The highest BCUT2D eigenvalue weighted by molar-refractivity contribution is 4.99. The molecule has 1 saturated carbocycles. The van der Waals surface area contributed by atoms with Crippen LogP contribution in [0.5, 0.6) is 0 Å². The number of rotatable bonds is 5. The summed E-state index contributed by atoms with van der Waals surface area (Å²) in [6, 6.07) is 2.80. The van der Waals surface area contributed by atoms with E-state index in [0.717, 1.165) is 19.0 Å². The van der Waals surface area contributed by atoms with E-state index >= 15 is 0 Å². The molecular weight excluding hydrogens is 222 g/mol. The van der Waals surface area contributed by atoms with Crippen LogP contribution in [0.25, 0.3) is 0 Å². The first kappa shape index (κ1) is 13.6. The number of aromatic nitrogens is 2. The van der Waals surface area contributed by atoms with Crippen LogP contribution >= 0.6 is 0 Å². The number of nitrogens with one attached hydrogen (secondary N) is 1. The largest absolute Gasteiger partial charge is 0.311 e. The monoisotopic (exact) mass is 249 g/mol. The number of nitrogens with zero attached hydrogens (tertiary/aromatic N) is 2. The molecule has 1 aromatic rings. The Kier molecular flexibility index (Phi) is 4.81. The maximum atomic E-state index is 4.71. The van der Waals surface area contributed by atoms with Crippen molar-refractivity contribution in [2.45, 2.75) is 59.0 Å². The molecule has 0 bridgehead atoms. The summed E-state index contributed by atoms with van der Waals surface area (Å²) < 4.78 is 2.19. The van der Waals surface area contributed by atoms with Crippen molar-refractivity contribution in [3.05, 3.63) is 18.0 Å². The predicted octanol–water partition coefficient (Wildman–Crippen LogP) is 3.38. The average molecular weight is 249 g/mol. The van der Waals surface area contributed by atoms with Gasteiger partial charge in [-0.15, -0.1) is 0 Å². The van der Waals surface area contributed by atoms with Gasteiger partial charge in [0.1, 0.15) is 0 Å². The fourth-order valence-electron chi connectivity index (χ4n) is 2.67. The van der Waals surface area contributed by atoms with Crippen LogP contribution < -0.4 is 5.32 Å². The number of hydrogen-bond acceptors (Lipinski definition) is 2. The average Bonchev–Trinajstić information content (AvgIpc) is 2.78. The molecule has 1 aliphatic carbocycles. The molecule has 2 rings (SSSR count). The zero-order valence-electron chi connectivity index (χ0n) is 12.0. The molecule has 0 aromatic carbocycles. The molecule has 102 valence electrons. The van der Waals surface area contributed by atoms with E-state index < -0.39 is 0 Å². The van der Waals surface area contributed by atoms with Crippen molar-refractivity contribution in [1.29, 1.82) is 0 Å². The van der Waals surface area contributed by atoms with E-state index in [1.165, 1.54) is 31.4 Å². The van der Waals surface area contributed by atoms with Crippen LogP contribution in [0.15, 0.2) is 12.3 Å². The first-order valence-electron chi connectivity index (χ1n) is 7.40. The third-order valence-corrected chi connectivity index (χ3v) is 3.88. The van der Waals surface area contributed by atoms with Gasteiger partial charge in [-0.3, -0.25) is 4.68 Å². The van der Waals surface area contributed by atoms with Gasteiger partial charge in [0, 0.05) is 12.7 Å². The SMILES string of the molecule is CC(C)CNCc1ccn(C2CCC(C)CC2)n1. The second-order valence-corrected chi connectivity index (χ2v) is 6.23. The summed E-state index contributed by atoms with van der Waals surface area (Å²) >= 11 is 0. The Morgan fingerprint density at radius 3 is 2.72 bits per heavy atom. The van der Waals surface area contributed by atoms with Crippen LogP contribution in [-0.2, 0) is 6.54 Å². The minimum absolute atomic E-state index is 0.639. The first-order valence-corrected chi connectivity index (χ1v) is 7.40. The fraction of sp³-hybridized carbons (Fsp3) is 0.800. The van der Waals surface area contributed by atoms with Crippen molar-refractivity contribution in [2.75, 3.05) is 6.54 Å². The van der Waals surface area contributed by atoms with E-state index in [1.807, 2.05) is 0 Å². The normalized spacial score (nSPS) is 24.7. The lowest BCUT2D eigenvalue weighted by molar-refractivity contribution is 0.273. The lowest BCUT2D eigenvalue weighted by Gasteiger charge is -2.26. The van der Waals surface area contributed by atoms with E-state index in [4.69, 9.17) is 5.10 Å². The molecule has 1 aliphatic rings. The highest BCUT2D eigenvalue weighted by atomic mass is 15.3. The molecular formula is C15H27N3. The summed E-state index contributed by atoms with van der Waals surface area (Å²) in [5.74, 6) is 1.61. The summed E-state index contributed by atoms with van der Waals surface area (Å²) in [5, 5.41) is 8.16. The highest BCUT2D eigenvalue weighted by Gasteiger charge is 2.20. The highest BCUT2D eigenvalue weighted by Crippen LogP contribution is 2.31. The molecule has 1 fully saturated rings. The third kappa shape index (κ3) is 3.84. The van der Waals surface area contributed by atoms with Crippen molar-refractivity contribution >= 4 is 0 Å². The van der Waals surface area contributed by atoms with E-state index in [0.29, 0.717) is 12.0 Å². The Hall–Kier alpha value is -0.830. The van der Waals surface area contributed by atoms with Crippen molar-refractivity contribution < 1.29 is 0 Å². The summed E-state index contributed by atoms with van der Waals surface area (Å²) in [4.78, 5) is 0. The lowest BCUT2D eigenvalue weighted by atomic mass is 9.87. The van der Waals surface area contributed by atoms with Gasteiger partial charge < -0.3 is 5.32 Å². The second kappa shape index (κ2) is 6.37. The third-order valence-electron chi connectivity index (χ3n) is 3.88. The van der Waals surface area contributed by atoms with E-state index in [1.54, 1.807) is 0 Å². The van der Waals surface area contributed by atoms with Crippen molar-refractivity contribution in [2.24, 2.45) is 11.8 Å². The van der Waals surface area contributed by atoms with Gasteiger partial charge in [-0.25, -0.2) is 0 Å². The zero-order valence-corrected chi connectivity index (χ0v) is 12.0. The van der Waals surface area contributed by atoms with Gasteiger partial charge in [0.05, 0.1) is 11.7 Å². The molecule has 1 aromatic heterocycles. The Morgan fingerprint density at radius 1 is 1.33 bits per heavy atom. The molecule has 3 nitrogen and oxygen atoms in total. The molecule has 3 heteroatoms. The van der Waals surface area contributed by atoms with Crippen LogP contribution in [0.2, 0.25) is 0 Å². The standard InChI is InChI=1S/C15H27N3/c1-12(2)10-16-11-14-8-9-18(17-14)15-6-4-13(3)5-7-15/h8-9,12-13,15-16H,4-7,10-11H2,1-3H3. The van der Waals surface area contributed by atoms with Gasteiger partial charge >= 0.3 is 0 Å². The zero-order chi connectivity index (χ0) is 13.0. The van der Waals surface area contributed by atoms with Crippen molar-refractivity contribution in [3.63, 3.8) is 0 Å². The Balaban J connectivity index is 1.82. The van der Waals surface area contributed by atoms with Crippen molar-refractivity contribution in [3.8, 4) is 0 Å². The minimum atomic E-state index is 0.639. The molecule has 18 heavy (non-hydrogen) atoms. The van der Waals surface area contributed by atoms with Gasteiger partial charge in [0.25, 0.3) is 0 Å². The topological polar surface area (TPSA) is 29.9 Å². The van der Waals surface area contributed by atoms with Crippen LogP contribution in [0.4, 0.5) is 0 Å². The quantitative estimate of drug-likeness (QED) is 0.867. The molecule has 0 amide bonds. The van der Waals surface area contributed by atoms with Crippen LogP contribution in [-0.4, -0.2) is 16.3 Å². The molecule has 0 atom stereocenters. The molecule has 0 saturated heterocycles. The number of hydrogen-bond donors (Lipinski definition) is 1. The van der Waals surface area contributed by atoms with Crippen LogP contribution in [0, 0.1) is 11.8 Å². The molecule has 0 radical (unpaired) electrons. The lowest BCUT2D eigenvalue weighted by Crippen LogP contribution is -2.20. The molecule has 1 N–H and O–H groups in total. The molecule has 0 unspecified atom stereocenters.